The first-order valence-corrected chi connectivity index (χ1v) is 10.2. The maximum atomic E-state index is 13.5. The lowest BCUT2D eigenvalue weighted by Crippen LogP contribution is -2.26. The molecule has 0 aliphatic rings. The fraction of sp³-hybridized carbons (Fsp3) is 0.0909. The van der Waals surface area contributed by atoms with Crippen molar-refractivity contribution in [1.29, 1.82) is 0 Å². The van der Waals surface area contributed by atoms with Crippen LogP contribution in [0.25, 0.3) is 10.1 Å². The van der Waals surface area contributed by atoms with Crippen molar-refractivity contribution in [1.82, 2.24) is 10.2 Å². The van der Waals surface area contributed by atoms with Gasteiger partial charge in [0.1, 0.15) is 0 Å². The van der Waals surface area contributed by atoms with Crippen LogP contribution >= 0.6 is 11.3 Å². The molecule has 4 rings (SSSR count). The van der Waals surface area contributed by atoms with E-state index < -0.39 is 18.5 Å². The van der Waals surface area contributed by atoms with E-state index >= 15 is 0 Å². The molecular formula is C22H17N3O6S. The lowest BCUT2D eigenvalue weighted by atomic mass is 10.1. The van der Waals surface area contributed by atoms with E-state index in [0.717, 1.165) is 17.0 Å². The lowest BCUT2D eigenvalue weighted by molar-refractivity contribution is -0.139. The molecule has 2 heterocycles. The number of rotatable bonds is 7. The molecule has 0 aliphatic carbocycles. The van der Waals surface area contributed by atoms with Gasteiger partial charge in [-0.2, -0.15) is 5.10 Å². The van der Waals surface area contributed by atoms with Gasteiger partial charge in [-0.05, 0) is 37.3 Å². The number of H-pyrrole nitrogens is 1. The molecule has 9 nitrogen and oxygen atoms in total. The number of para-hydroxylation sites is 1. The minimum absolute atomic E-state index is 0.0262. The first-order valence-electron chi connectivity index (χ1n) is 9.41. The smallest absolute Gasteiger partial charge is 0.349 e. The Balaban J connectivity index is 1.78. The van der Waals surface area contributed by atoms with Crippen LogP contribution in [0.15, 0.2) is 54.6 Å². The fourth-order valence-corrected chi connectivity index (χ4v) is 4.23. The number of carboxylic acids is 2. The molecule has 1 amide bonds. The average Bonchev–Trinajstić information content (AvgIpc) is 3.36. The van der Waals surface area contributed by atoms with Crippen molar-refractivity contribution >= 4 is 50.8 Å². The largest absolute Gasteiger partial charge is 0.479 e. The zero-order valence-electron chi connectivity index (χ0n) is 16.7. The predicted molar refractivity (Wildman–Crippen MR) is 118 cm³/mol. The second-order valence-corrected chi connectivity index (χ2v) is 7.90. The number of aryl methyl sites for hydroxylation is 1. The summed E-state index contributed by atoms with van der Waals surface area (Å²) in [6.45, 7) is 1.15. The summed E-state index contributed by atoms with van der Waals surface area (Å²) < 4.78 is 5.71. The van der Waals surface area contributed by atoms with Gasteiger partial charge in [-0.25, -0.2) is 9.59 Å². The number of carbonyl (C=O) groups is 3. The second kappa shape index (κ2) is 8.52. The van der Waals surface area contributed by atoms with Crippen LogP contribution in [-0.4, -0.2) is 44.9 Å². The number of thiophene rings is 1. The molecule has 2 aromatic carbocycles. The molecule has 3 N–H and O–H groups in total. The Morgan fingerprint density at radius 1 is 1.09 bits per heavy atom. The zero-order valence-corrected chi connectivity index (χ0v) is 17.5. The molecule has 0 spiro atoms. The first-order chi connectivity index (χ1) is 15.3. The van der Waals surface area contributed by atoms with E-state index in [-0.39, 0.29) is 16.5 Å². The topological polar surface area (TPSA) is 133 Å². The number of carboxylic acid groups (broad SMARTS) is 2. The van der Waals surface area contributed by atoms with Crippen LogP contribution in [0.3, 0.4) is 0 Å². The summed E-state index contributed by atoms with van der Waals surface area (Å²) >= 11 is 0.913. The van der Waals surface area contributed by atoms with Gasteiger partial charge >= 0.3 is 11.9 Å². The van der Waals surface area contributed by atoms with Gasteiger partial charge in [-0.15, -0.1) is 11.3 Å². The summed E-state index contributed by atoms with van der Waals surface area (Å²) in [6.07, 6.45) is 0. The van der Waals surface area contributed by atoms with Gasteiger partial charge in [-0.3, -0.25) is 14.8 Å². The summed E-state index contributed by atoms with van der Waals surface area (Å²) in [4.78, 5) is 37.3. The minimum atomic E-state index is -1.24. The molecule has 10 heteroatoms. The Bertz CT molecular complexity index is 1330. The number of anilines is 2. The van der Waals surface area contributed by atoms with Crippen molar-refractivity contribution in [3.63, 3.8) is 0 Å². The number of hydrogen-bond acceptors (Lipinski definition) is 6. The number of hydrogen-bond donors (Lipinski definition) is 3. The molecule has 0 bridgehead atoms. The number of aromatic amines is 1. The molecule has 0 saturated carbocycles. The highest BCUT2D eigenvalue weighted by Crippen LogP contribution is 2.39. The molecule has 32 heavy (non-hydrogen) atoms. The van der Waals surface area contributed by atoms with E-state index in [1.54, 1.807) is 36.4 Å². The number of aromatic nitrogens is 2. The van der Waals surface area contributed by atoms with Crippen LogP contribution in [0.1, 0.15) is 25.7 Å². The molecule has 162 valence electrons. The van der Waals surface area contributed by atoms with Gasteiger partial charge in [0.2, 0.25) is 0 Å². The van der Waals surface area contributed by atoms with E-state index in [9.17, 15) is 19.5 Å². The van der Waals surface area contributed by atoms with E-state index in [1.807, 2.05) is 25.1 Å². The number of benzene rings is 2. The van der Waals surface area contributed by atoms with Crippen LogP contribution in [-0.2, 0) is 4.79 Å². The third-order valence-electron chi connectivity index (χ3n) is 4.56. The van der Waals surface area contributed by atoms with Crippen LogP contribution in [0.5, 0.6) is 5.75 Å². The van der Waals surface area contributed by atoms with Crippen LogP contribution in [0.2, 0.25) is 0 Å². The van der Waals surface area contributed by atoms with Gasteiger partial charge in [0.05, 0.1) is 5.69 Å². The Morgan fingerprint density at radius 2 is 1.84 bits per heavy atom. The monoisotopic (exact) mass is 451 g/mol. The molecule has 0 unspecified atom stereocenters. The zero-order chi connectivity index (χ0) is 22.8. The SMILES string of the molecule is Cc1cc(N(C(=O)c2ccc3c(OCC(=O)O)c(C(=O)O)sc3c2)c2ccccc2)n[nH]1. The van der Waals surface area contributed by atoms with Gasteiger partial charge in [0.25, 0.3) is 5.91 Å². The highest BCUT2D eigenvalue weighted by Gasteiger charge is 2.25. The maximum absolute atomic E-state index is 13.5. The van der Waals surface area contributed by atoms with Crippen molar-refractivity contribution < 1.29 is 29.3 Å². The molecule has 0 fully saturated rings. The standard InChI is InChI=1S/C22H17N3O6S/c1-12-9-17(24-23-12)25(14-5-3-2-4-6-14)21(28)13-7-8-15-16(10-13)32-20(22(29)30)19(15)31-11-18(26)27/h2-10H,11H2,1H3,(H,23,24)(H,26,27)(H,29,30). The number of amides is 1. The van der Waals surface area contributed by atoms with E-state index in [1.165, 1.54) is 4.90 Å². The second-order valence-electron chi connectivity index (χ2n) is 6.84. The molecule has 0 saturated heterocycles. The molecule has 0 radical (unpaired) electrons. The Kier molecular flexibility index (Phi) is 5.61. The quantitative estimate of drug-likeness (QED) is 0.386. The van der Waals surface area contributed by atoms with E-state index in [4.69, 9.17) is 9.84 Å². The Labute approximate surface area is 185 Å². The number of aliphatic carboxylic acids is 1. The Morgan fingerprint density at radius 3 is 2.47 bits per heavy atom. The molecule has 4 aromatic rings. The summed E-state index contributed by atoms with van der Waals surface area (Å²) in [5, 5.41) is 25.8. The first kappa shape index (κ1) is 21.1. The van der Waals surface area contributed by atoms with Crippen LogP contribution in [0, 0.1) is 6.92 Å². The molecule has 2 aromatic heterocycles. The minimum Gasteiger partial charge on any atom is -0.479 e. The normalized spacial score (nSPS) is 10.8. The Hall–Kier alpha value is -4.18. The lowest BCUT2D eigenvalue weighted by Gasteiger charge is -2.20. The number of nitrogens with one attached hydrogen (secondary N) is 1. The van der Waals surface area contributed by atoms with Crippen LogP contribution < -0.4 is 9.64 Å². The fourth-order valence-electron chi connectivity index (χ4n) is 3.20. The third-order valence-corrected chi connectivity index (χ3v) is 5.69. The van der Waals surface area contributed by atoms with Crippen molar-refractivity contribution in [2.24, 2.45) is 0 Å². The van der Waals surface area contributed by atoms with Gasteiger partial charge in [0.15, 0.2) is 23.1 Å². The number of nitrogens with zero attached hydrogens (tertiary/aromatic N) is 2. The van der Waals surface area contributed by atoms with Crippen molar-refractivity contribution in [3.05, 3.63) is 70.7 Å². The number of aromatic carboxylic acids is 1. The van der Waals surface area contributed by atoms with E-state index in [2.05, 4.69) is 10.2 Å². The van der Waals surface area contributed by atoms with Gasteiger partial charge in [-0.1, -0.05) is 18.2 Å². The predicted octanol–water partition coefficient (Wildman–Crippen LogP) is 4.07. The summed E-state index contributed by atoms with van der Waals surface area (Å²) in [7, 11) is 0. The molecule has 0 atom stereocenters. The van der Waals surface area contributed by atoms with Gasteiger partial charge in [0, 0.05) is 27.4 Å². The van der Waals surface area contributed by atoms with Gasteiger partial charge < -0.3 is 14.9 Å². The maximum Gasteiger partial charge on any atom is 0.349 e. The molecular weight excluding hydrogens is 434 g/mol. The number of carbonyl (C=O) groups excluding carboxylic acids is 1. The number of fused-ring (bicyclic) bond motifs is 1. The summed E-state index contributed by atoms with van der Waals surface area (Å²) in [5.41, 5.74) is 1.71. The number of ether oxygens (including phenoxy) is 1. The van der Waals surface area contributed by atoms with Crippen molar-refractivity contribution in [2.75, 3.05) is 11.5 Å². The summed E-state index contributed by atoms with van der Waals surface area (Å²) in [6, 6.07) is 15.4. The highest BCUT2D eigenvalue weighted by atomic mass is 32.1. The summed E-state index contributed by atoms with van der Waals surface area (Å²) in [5.74, 6) is -2.43. The molecule has 0 aliphatic heterocycles. The van der Waals surface area contributed by atoms with E-state index in [0.29, 0.717) is 27.2 Å². The third kappa shape index (κ3) is 4.03. The van der Waals surface area contributed by atoms with Crippen LogP contribution in [0.4, 0.5) is 11.5 Å². The highest BCUT2D eigenvalue weighted by molar-refractivity contribution is 7.21. The average molecular weight is 451 g/mol. The van der Waals surface area contributed by atoms with Crippen molar-refractivity contribution in [2.45, 2.75) is 6.92 Å². The van der Waals surface area contributed by atoms with Crippen molar-refractivity contribution in [3.8, 4) is 5.75 Å².